The fourth-order valence-electron chi connectivity index (χ4n) is 2.09. The average Bonchev–Trinajstić information content (AvgIpc) is 3.06. The molecule has 7 heteroatoms. The first-order valence-corrected chi connectivity index (χ1v) is 7.00. The Morgan fingerprint density at radius 2 is 2.19 bits per heavy atom. The number of hydrogen-bond acceptors (Lipinski definition) is 4. The Hall–Kier alpha value is -2.15. The van der Waals surface area contributed by atoms with E-state index in [2.05, 4.69) is 27.8 Å². The van der Waals surface area contributed by atoms with Crippen LogP contribution >= 0.6 is 0 Å². The monoisotopic (exact) mass is 290 g/mol. The second-order valence-electron chi connectivity index (χ2n) is 5.24. The summed E-state index contributed by atoms with van der Waals surface area (Å²) >= 11 is 0. The van der Waals surface area contributed by atoms with Gasteiger partial charge >= 0.3 is 0 Å². The Morgan fingerprint density at radius 3 is 2.76 bits per heavy atom. The SMILES string of the molecule is Cc1cc(NC(=O)CNC(C)C(C)n2cccn2)n(C)n1. The van der Waals surface area contributed by atoms with E-state index in [0.29, 0.717) is 5.82 Å². The number of anilines is 1. The van der Waals surface area contributed by atoms with E-state index in [-0.39, 0.29) is 24.5 Å². The van der Waals surface area contributed by atoms with Gasteiger partial charge in [0.05, 0.1) is 18.3 Å². The van der Waals surface area contributed by atoms with E-state index < -0.39 is 0 Å². The molecule has 0 spiro atoms. The van der Waals surface area contributed by atoms with Crippen molar-refractivity contribution in [3.05, 3.63) is 30.2 Å². The molecule has 0 aliphatic heterocycles. The van der Waals surface area contributed by atoms with Crippen LogP contribution in [0.4, 0.5) is 5.82 Å². The standard InChI is InChI=1S/C14H22N6O/c1-10-8-13(19(4)18-10)17-14(21)9-15-11(2)12(3)20-7-5-6-16-20/h5-8,11-12,15H,9H2,1-4H3,(H,17,21). The minimum absolute atomic E-state index is 0.0856. The van der Waals surface area contributed by atoms with Crippen LogP contribution in [0.25, 0.3) is 0 Å². The van der Waals surface area contributed by atoms with Crippen LogP contribution in [-0.2, 0) is 11.8 Å². The van der Waals surface area contributed by atoms with Gasteiger partial charge < -0.3 is 10.6 Å². The first-order valence-electron chi connectivity index (χ1n) is 7.00. The molecule has 2 N–H and O–H groups in total. The molecule has 0 saturated carbocycles. The normalized spacial score (nSPS) is 13.9. The molecule has 0 radical (unpaired) electrons. The van der Waals surface area contributed by atoms with Crippen molar-refractivity contribution in [3.63, 3.8) is 0 Å². The molecule has 2 atom stereocenters. The minimum Gasteiger partial charge on any atom is -0.310 e. The molecule has 2 aromatic heterocycles. The highest BCUT2D eigenvalue weighted by atomic mass is 16.2. The molecule has 0 aliphatic carbocycles. The Morgan fingerprint density at radius 1 is 1.43 bits per heavy atom. The molecule has 21 heavy (non-hydrogen) atoms. The molecule has 2 rings (SSSR count). The number of aryl methyl sites for hydroxylation is 2. The fraction of sp³-hybridized carbons (Fsp3) is 0.500. The number of hydrogen-bond donors (Lipinski definition) is 2. The highest BCUT2D eigenvalue weighted by Gasteiger charge is 2.15. The lowest BCUT2D eigenvalue weighted by molar-refractivity contribution is -0.115. The highest BCUT2D eigenvalue weighted by molar-refractivity contribution is 5.91. The first kappa shape index (κ1) is 15.2. The van der Waals surface area contributed by atoms with Crippen molar-refractivity contribution in [3.8, 4) is 0 Å². The second-order valence-corrected chi connectivity index (χ2v) is 5.24. The Labute approximate surface area is 124 Å². The van der Waals surface area contributed by atoms with Gasteiger partial charge in [-0.05, 0) is 26.8 Å². The number of carbonyl (C=O) groups excluding carboxylic acids is 1. The van der Waals surface area contributed by atoms with Crippen molar-refractivity contribution in [1.82, 2.24) is 24.9 Å². The molecule has 0 aromatic carbocycles. The predicted octanol–water partition coefficient (Wildman–Crippen LogP) is 1.10. The maximum absolute atomic E-state index is 12.0. The van der Waals surface area contributed by atoms with Crippen LogP contribution in [0, 0.1) is 6.92 Å². The van der Waals surface area contributed by atoms with Gasteiger partial charge in [-0.2, -0.15) is 10.2 Å². The van der Waals surface area contributed by atoms with Gasteiger partial charge in [-0.15, -0.1) is 0 Å². The molecule has 2 heterocycles. The number of rotatable bonds is 6. The van der Waals surface area contributed by atoms with E-state index >= 15 is 0 Å². The summed E-state index contributed by atoms with van der Waals surface area (Å²) in [5.74, 6) is 0.615. The largest absolute Gasteiger partial charge is 0.310 e. The smallest absolute Gasteiger partial charge is 0.239 e. The van der Waals surface area contributed by atoms with Gasteiger partial charge in [-0.3, -0.25) is 14.2 Å². The molecule has 2 aromatic rings. The molecular formula is C14H22N6O. The summed E-state index contributed by atoms with van der Waals surface area (Å²) in [7, 11) is 1.80. The number of carbonyl (C=O) groups is 1. The molecule has 1 amide bonds. The zero-order valence-electron chi connectivity index (χ0n) is 12.9. The van der Waals surface area contributed by atoms with Gasteiger partial charge in [0.1, 0.15) is 5.82 Å². The summed E-state index contributed by atoms with van der Waals surface area (Å²) in [5.41, 5.74) is 0.876. The number of amides is 1. The lowest BCUT2D eigenvalue weighted by Crippen LogP contribution is -2.39. The number of nitrogens with zero attached hydrogens (tertiary/aromatic N) is 4. The molecule has 0 aliphatic rings. The van der Waals surface area contributed by atoms with Gasteiger partial charge in [0.2, 0.25) is 5.91 Å². The fourth-order valence-corrected chi connectivity index (χ4v) is 2.09. The quantitative estimate of drug-likeness (QED) is 0.835. The average molecular weight is 290 g/mol. The summed E-state index contributed by atoms with van der Waals surface area (Å²) in [6, 6.07) is 4.03. The summed E-state index contributed by atoms with van der Waals surface area (Å²) in [6.07, 6.45) is 3.67. The third-order valence-electron chi connectivity index (χ3n) is 3.52. The third-order valence-corrected chi connectivity index (χ3v) is 3.52. The lowest BCUT2D eigenvalue weighted by Gasteiger charge is -2.21. The molecule has 0 bridgehead atoms. The summed E-state index contributed by atoms with van der Waals surface area (Å²) in [5, 5.41) is 14.5. The van der Waals surface area contributed by atoms with Gasteiger partial charge in [-0.1, -0.05) is 0 Å². The molecule has 0 saturated heterocycles. The van der Waals surface area contributed by atoms with Crippen LogP contribution in [0.5, 0.6) is 0 Å². The second kappa shape index (κ2) is 6.53. The van der Waals surface area contributed by atoms with E-state index in [9.17, 15) is 4.79 Å². The first-order chi connectivity index (χ1) is 9.97. The van der Waals surface area contributed by atoms with Crippen LogP contribution in [0.15, 0.2) is 24.5 Å². The Kier molecular flexibility index (Phi) is 4.74. The van der Waals surface area contributed by atoms with Gasteiger partial charge in [-0.25, -0.2) is 0 Å². The van der Waals surface area contributed by atoms with Crippen molar-refractivity contribution in [2.45, 2.75) is 32.9 Å². The van der Waals surface area contributed by atoms with E-state index in [1.807, 2.05) is 36.9 Å². The maximum Gasteiger partial charge on any atom is 0.239 e. The summed E-state index contributed by atoms with van der Waals surface area (Å²) in [4.78, 5) is 12.0. The molecule has 114 valence electrons. The van der Waals surface area contributed by atoms with Crippen molar-refractivity contribution >= 4 is 11.7 Å². The van der Waals surface area contributed by atoms with Gasteiger partial charge in [0, 0.05) is 31.5 Å². The van der Waals surface area contributed by atoms with Crippen LogP contribution < -0.4 is 10.6 Å². The van der Waals surface area contributed by atoms with Crippen LogP contribution in [-0.4, -0.2) is 38.1 Å². The van der Waals surface area contributed by atoms with Crippen molar-refractivity contribution in [1.29, 1.82) is 0 Å². The van der Waals surface area contributed by atoms with E-state index in [1.54, 1.807) is 17.9 Å². The number of nitrogens with one attached hydrogen (secondary N) is 2. The summed E-state index contributed by atoms with van der Waals surface area (Å²) in [6.45, 7) is 6.24. The van der Waals surface area contributed by atoms with E-state index in [4.69, 9.17) is 0 Å². The van der Waals surface area contributed by atoms with Crippen LogP contribution in [0.3, 0.4) is 0 Å². The topological polar surface area (TPSA) is 76.8 Å². The van der Waals surface area contributed by atoms with Gasteiger partial charge in [0.15, 0.2) is 0 Å². The zero-order valence-corrected chi connectivity index (χ0v) is 12.9. The van der Waals surface area contributed by atoms with Crippen molar-refractivity contribution in [2.75, 3.05) is 11.9 Å². The molecule has 2 unspecified atom stereocenters. The third kappa shape index (κ3) is 3.91. The summed E-state index contributed by atoms with van der Waals surface area (Å²) < 4.78 is 3.53. The predicted molar refractivity (Wildman–Crippen MR) is 81.0 cm³/mol. The van der Waals surface area contributed by atoms with Crippen LogP contribution in [0.1, 0.15) is 25.6 Å². The van der Waals surface area contributed by atoms with E-state index in [1.165, 1.54) is 0 Å². The molecule has 0 fully saturated rings. The van der Waals surface area contributed by atoms with E-state index in [0.717, 1.165) is 5.69 Å². The highest BCUT2D eigenvalue weighted by Crippen LogP contribution is 2.09. The molecule has 7 nitrogen and oxygen atoms in total. The Bertz CT molecular complexity index is 589. The van der Waals surface area contributed by atoms with Crippen LogP contribution in [0.2, 0.25) is 0 Å². The van der Waals surface area contributed by atoms with Gasteiger partial charge in [0.25, 0.3) is 0 Å². The Balaban J connectivity index is 1.82. The maximum atomic E-state index is 12.0. The number of aromatic nitrogens is 4. The van der Waals surface area contributed by atoms with Crippen molar-refractivity contribution in [2.24, 2.45) is 7.05 Å². The lowest BCUT2D eigenvalue weighted by atomic mass is 10.2. The molecular weight excluding hydrogens is 268 g/mol. The minimum atomic E-state index is -0.0856. The van der Waals surface area contributed by atoms with Crippen molar-refractivity contribution < 1.29 is 4.79 Å². The zero-order chi connectivity index (χ0) is 15.4.